The lowest BCUT2D eigenvalue weighted by Gasteiger charge is -2.15. The first-order chi connectivity index (χ1) is 8.95. The molecule has 1 rings (SSSR count). The van der Waals surface area contributed by atoms with Crippen molar-refractivity contribution in [2.24, 2.45) is 11.8 Å². The highest BCUT2D eigenvalue weighted by molar-refractivity contribution is 5.88. The lowest BCUT2D eigenvalue weighted by atomic mass is 9.90. The Morgan fingerprint density at radius 2 is 2.11 bits per heavy atom. The molecule has 0 saturated heterocycles. The van der Waals surface area contributed by atoms with Gasteiger partial charge in [0.05, 0.1) is 7.11 Å². The maximum Gasteiger partial charge on any atom is 0.333 e. The average molecular weight is 264 g/mol. The van der Waals surface area contributed by atoms with E-state index in [-0.39, 0.29) is 17.7 Å². The zero-order chi connectivity index (χ0) is 14.4. The topological polar surface area (TPSA) is 43.4 Å². The molecule has 0 radical (unpaired) electrons. The van der Waals surface area contributed by atoms with Crippen molar-refractivity contribution in [2.75, 3.05) is 7.11 Å². The summed E-state index contributed by atoms with van der Waals surface area (Å²) in [5.74, 6) is 0.575. The minimum absolute atomic E-state index is 0.171. The molecule has 3 nitrogen and oxygen atoms in total. The molecule has 3 heteroatoms. The molecular formula is C16H24O3. The second kappa shape index (κ2) is 7.27. The summed E-state index contributed by atoms with van der Waals surface area (Å²) < 4.78 is 4.73. The minimum Gasteiger partial charge on any atom is -0.466 e. The second-order valence-corrected chi connectivity index (χ2v) is 5.41. The van der Waals surface area contributed by atoms with E-state index in [1.807, 2.05) is 0 Å². The zero-order valence-corrected chi connectivity index (χ0v) is 12.2. The molecule has 0 N–H and O–H groups in total. The second-order valence-electron chi connectivity index (χ2n) is 5.41. The fraction of sp³-hybridized carbons (Fsp3) is 0.625. The largest absolute Gasteiger partial charge is 0.466 e. The van der Waals surface area contributed by atoms with Crippen LogP contribution >= 0.6 is 0 Å². The van der Waals surface area contributed by atoms with Crippen LogP contribution in [0.2, 0.25) is 0 Å². The normalized spacial score (nSPS) is 23.2. The van der Waals surface area contributed by atoms with Crippen molar-refractivity contribution in [1.82, 2.24) is 0 Å². The molecule has 19 heavy (non-hydrogen) atoms. The fourth-order valence-corrected chi connectivity index (χ4v) is 2.53. The number of methoxy groups -OCH3 is 1. The predicted octanol–water partition coefficient (Wildman–Crippen LogP) is 3.45. The Labute approximate surface area is 115 Å². The van der Waals surface area contributed by atoms with Gasteiger partial charge >= 0.3 is 5.97 Å². The Morgan fingerprint density at radius 3 is 2.68 bits per heavy atom. The molecule has 0 amide bonds. The molecule has 2 unspecified atom stereocenters. The van der Waals surface area contributed by atoms with E-state index in [2.05, 4.69) is 19.6 Å². The molecule has 1 aliphatic rings. The van der Waals surface area contributed by atoms with Crippen LogP contribution in [0.5, 0.6) is 0 Å². The lowest BCUT2D eigenvalue weighted by Crippen LogP contribution is -2.13. The summed E-state index contributed by atoms with van der Waals surface area (Å²) in [7, 11) is 1.39. The summed E-state index contributed by atoms with van der Waals surface area (Å²) in [6.07, 6.45) is 6.46. The van der Waals surface area contributed by atoms with Crippen molar-refractivity contribution < 1.29 is 14.3 Å². The van der Waals surface area contributed by atoms with Gasteiger partial charge in [-0.2, -0.15) is 0 Å². The van der Waals surface area contributed by atoms with Gasteiger partial charge in [0.15, 0.2) is 0 Å². The highest BCUT2D eigenvalue weighted by atomic mass is 16.5. The molecule has 0 aliphatic heterocycles. The van der Waals surface area contributed by atoms with Gasteiger partial charge in [-0.25, -0.2) is 4.79 Å². The first-order valence-corrected chi connectivity index (χ1v) is 6.91. The molecule has 0 fully saturated rings. The van der Waals surface area contributed by atoms with E-state index in [0.29, 0.717) is 17.9 Å². The van der Waals surface area contributed by atoms with Gasteiger partial charge < -0.3 is 9.53 Å². The summed E-state index contributed by atoms with van der Waals surface area (Å²) >= 11 is 0. The number of hydrogen-bond donors (Lipinski definition) is 0. The van der Waals surface area contributed by atoms with Crippen LogP contribution in [0.15, 0.2) is 23.8 Å². The first-order valence-electron chi connectivity index (χ1n) is 6.91. The Balaban J connectivity index is 2.67. The number of carbonyl (C=O) groups is 2. The van der Waals surface area contributed by atoms with Crippen LogP contribution in [0.1, 0.15) is 46.0 Å². The smallest absolute Gasteiger partial charge is 0.333 e. The van der Waals surface area contributed by atoms with E-state index >= 15 is 0 Å². The maximum atomic E-state index is 11.5. The number of allylic oxidation sites excluding steroid dienone is 2. The van der Waals surface area contributed by atoms with E-state index in [9.17, 15) is 9.59 Å². The average Bonchev–Trinajstić information content (AvgIpc) is 2.56. The summed E-state index contributed by atoms with van der Waals surface area (Å²) in [6.45, 7) is 7.68. The van der Waals surface area contributed by atoms with Crippen LogP contribution in [0.3, 0.4) is 0 Å². The summed E-state index contributed by atoms with van der Waals surface area (Å²) in [4.78, 5) is 22.6. The first kappa shape index (κ1) is 15.7. The van der Waals surface area contributed by atoms with Gasteiger partial charge in [0.1, 0.15) is 5.78 Å². The lowest BCUT2D eigenvalue weighted by molar-refractivity contribution is -0.136. The van der Waals surface area contributed by atoms with E-state index in [1.54, 1.807) is 6.92 Å². The minimum atomic E-state index is -0.307. The van der Waals surface area contributed by atoms with Crippen molar-refractivity contribution in [3.63, 3.8) is 0 Å². The third-order valence-corrected chi connectivity index (χ3v) is 3.95. The maximum absolute atomic E-state index is 11.5. The number of carbonyl (C=O) groups excluding carboxylic acids is 2. The Bertz CT molecular complexity index is 393. The predicted molar refractivity (Wildman–Crippen MR) is 75.7 cm³/mol. The number of hydrogen-bond acceptors (Lipinski definition) is 3. The molecule has 2 atom stereocenters. The summed E-state index contributed by atoms with van der Waals surface area (Å²) in [5, 5.41) is 0. The van der Waals surface area contributed by atoms with Crippen LogP contribution < -0.4 is 0 Å². The molecule has 0 bridgehead atoms. The molecule has 0 spiro atoms. The highest BCUT2D eigenvalue weighted by Crippen LogP contribution is 2.32. The van der Waals surface area contributed by atoms with Crippen LogP contribution in [0.25, 0.3) is 0 Å². The SMILES string of the molecule is C=C(C(=O)OC)C1CC=C(CCC(C)=O)C(C)CC1. The number of Topliss-reactive ketones (excluding diaryl/α,β-unsaturated/α-hetero) is 1. The Morgan fingerprint density at radius 1 is 1.42 bits per heavy atom. The van der Waals surface area contributed by atoms with Gasteiger partial charge in [-0.3, -0.25) is 0 Å². The standard InChI is InChI=1S/C16H24O3/c1-11-5-7-15(13(3)16(18)19-4)10-9-14(11)8-6-12(2)17/h9,11,15H,3,5-8,10H2,1-2,4H3. The quantitative estimate of drug-likeness (QED) is 0.434. The van der Waals surface area contributed by atoms with Crippen LogP contribution in [0.4, 0.5) is 0 Å². The van der Waals surface area contributed by atoms with Crippen LogP contribution in [-0.4, -0.2) is 18.9 Å². The van der Waals surface area contributed by atoms with Gasteiger partial charge in [-0.15, -0.1) is 0 Å². The molecule has 0 saturated carbocycles. The van der Waals surface area contributed by atoms with Crippen molar-refractivity contribution >= 4 is 11.8 Å². The van der Waals surface area contributed by atoms with Crippen molar-refractivity contribution in [3.8, 4) is 0 Å². The van der Waals surface area contributed by atoms with E-state index < -0.39 is 0 Å². The monoisotopic (exact) mass is 264 g/mol. The zero-order valence-electron chi connectivity index (χ0n) is 12.2. The molecule has 1 aliphatic carbocycles. The number of ketones is 1. The number of rotatable bonds is 5. The summed E-state index contributed by atoms with van der Waals surface area (Å²) in [5.41, 5.74) is 1.91. The molecule has 0 heterocycles. The van der Waals surface area contributed by atoms with Gasteiger partial charge in [-0.05, 0) is 44.4 Å². The van der Waals surface area contributed by atoms with Gasteiger partial charge in [0.25, 0.3) is 0 Å². The number of esters is 1. The molecule has 0 aromatic heterocycles. The third kappa shape index (κ3) is 4.66. The van der Waals surface area contributed by atoms with Gasteiger partial charge in [-0.1, -0.05) is 25.2 Å². The van der Waals surface area contributed by atoms with Crippen molar-refractivity contribution in [1.29, 1.82) is 0 Å². The van der Waals surface area contributed by atoms with E-state index in [1.165, 1.54) is 12.7 Å². The highest BCUT2D eigenvalue weighted by Gasteiger charge is 2.23. The fourth-order valence-electron chi connectivity index (χ4n) is 2.53. The Hall–Kier alpha value is -1.38. The van der Waals surface area contributed by atoms with Gasteiger partial charge in [0.2, 0.25) is 0 Å². The van der Waals surface area contributed by atoms with E-state index in [0.717, 1.165) is 25.7 Å². The molecule has 0 aromatic carbocycles. The summed E-state index contributed by atoms with van der Waals surface area (Å²) in [6, 6.07) is 0. The van der Waals surface area contributed by atoms with Crippen molar-refractivity contribution in [2.45, 2.75) is 46.0 Å². The molecule has 106 valence electrons. The van der Waals surface area contributed by atoms with Crippen LogP contribution in [0, 0.1) is 11.8 Å². The van der Waals surface area contributed by atoms with Crippen molar-refractivity contribution in [3.05, 3.63) is 23.8 Å². The van der Waals surface area contributed by atoms with Crippen LogP contribution in [-0.2, 0) is 14.3 Å². The molecular weight excluding hydrogens is 240 g/mol. The van der Waals surface area contributed by atoms with Gasteiger partial charge in [0, 0.05) is 12.0 Å². The number of ether oxygens (including phenoxy) is 1. The van der Waals surface area contributed by atoms with E-state index in [4.69, 9.17) is 4.74 Å². The third-order valence-electron chi connectivity index (χ3n) is 3.95. The molecule has 0 aromatic rings. The Kier molecular flexibility index (Phi) is 6.00.